The van der Waals surface area contributed by atoms with E-state index in [1.54, 1.807) is 18.2 Å². The van der Waals surface area contributed by atoms with Crippen LogP contribution in [0.4, 0.5) is 5.82 Å². The van der Waals surface area contributed by atoms with Gasteiger partial charge in [-0.3, -0.25) is 4.72 Å². The highest BCUT2D eigenvalue weighted by Crippen LogP contribution is 2.24. The molecule has 4 nitrogen and oxygen atoms in total. The lowest BCUT2D eigenvalue weighted by molar-refractivity contribution is 0.600. The van der Waals surface area contributed by atoms with Crippen molar-refractivity contribution in [2.24, 2.45) is 0 Å². The normalized spacial score (nSPS) is 11.3. The molecule has 0 unspecified atom stereocenters. The number of sulfonamides is 1. The molecule has 0 radical (unpaired) electrons. The summed E-state index contributed by atoms with van der Waals surface area (Å²) in [6, 6.07) is 8.08. The van der Waals surface area contributed by atoms with Crippen molar-refractivity contribution in [2.45, 2.75) is 11.8 Å². The molecule has 7 heteroatoms. The van der Waals surface area contributed by atoms with Crippen LogP contribution in [0, 0.1) is 6.92 Å². The van der Waals surface area contributed by atoms with E-state index in [2.05, 4.69) is 25.6 Å². The molecule has 2 aromatic rings. The summed E-state index contributed by atoms with van der Waals surface area (Å²) in [5, 5.41) is 0.444. The van der Waals surface area contributed by atoms with Crippen molar-refractivity contribution in [1.29, 1.82) is 0 Å². The molecule has 0 aliphatic rings. The second kappa shape index (κ2) is 5.48. The molecule has 2 rings (SSSR count). The van der Waals surface area contributed by atoms with E-state index in [1.165, 1.54) is 18.3 Å². The van der Waals surface area contributed by atoms with Gasteiger partial charge in [-0.2, -0.15) is 0 Å². The monoisotopic (exact) mass is 360 g/mol. The Balaban J connectivity index is 2.35. The van der Waals surface area contributed by atoms with Gasteiger partial charge in [0.25, 0.3) is 10.0 Å². The van der Waals surface area contributed by atoms with Crippen molar-refractivity contribution in [2.75, 3.05) is 4.72 Å². The summed E-state index contributed by atoms with van der Waals surface area (Å²) in [4.78, 5) is 4.06. The van der Waals surface area contributed by atoms with E-state index in [4.69, 9.17) is 11.6 Å². The fourth-order valence-corrected chi connectivity index (χ4v) is 3.77. The lowest BCUT2D eigenvalue weighted by atomic mass is 10.2. The molecule has 0 spiro atoms. The van der Waals surface area contributed by atoms with E-state index in [9.17, 15) is 8.42 Å². The summed E-state index contributed by atoms with van der Waals surface area (Å²) < 4.78 is 27.3. The molecule has 0 aliphatic heterocycles. The summed E-state index contributed by atoms with van der Waals surface area (Å²) in [6.45, 7) is 1.88. The van der Waals surface area contributed by atoms with E-state index in [1.807, 2.05) is 6.92 Å². The van der Waals surface area contributed by atoms with Gasteiger partial charge < -0.3 is 0 Å². The number of anilines is 1. The Hall–Kier alpha value is -1.11. The number of hydrogen-bond acceptors (Lipinski definition) is 3. The number of hydrogen-bond donors (Lipinski definition) is 1. The van der Waals surface area contributed by atoms with Gasteiger partial charge in [-0.1, -0.05) is 17.7 Å². The average Bonchev–Trinajstić information content (AvgIpc) is 2.31. The number of halogens is 2. The van der Waals surface area contributed by atoms with Crippen LogP contribution in [-0.2, 0) is 10.0 Å². The third-order valence-electron chi connectivity index (χ3n) is 2.34. The van der Waals surface area contributed by atoms with Crippen LogP contribution in [0.5, 0.6) is 0 Å². The topological polar surface area (TPSA) is 59.1 Å². The Labute approximate surface area is 125 Å². The number of nitrogens with one attached hydrogen (secondary N) is 1. The second-order valence-corrected chi connectivity index (χ2v) is 6.84. The second-order valence-electron chi connectivity index (χ2n) is 3.90. The molecule has 1 heterocycles. The highest BCUT2D eigenvalue weighted by molar-refractivity contribution is 9.10. The van der Waals surface area contributed by atoms with Crippen LogP contribution in [0.25, 0.3) is 0 Å². The molecule has 0 aliphatic carbocycles. The maximum atomic E-state index is 12.2. The zero-order valence-corrected chi connectivity index (χ0v) is 13.1. The smallest absolute Gasteiger partial charge is 0.263 e. The van der Waals surface area contributed by atoms with Crippen LogP contribution < -0.4 is 4.72 Å². The average molecular weight is 362 g/mol. The standard InChI is InChI=1S/C12H10BrClN2O2S/c1-8-2-4-11(10(13)6-8)19(17,18)16-12-5-3-9(14)7-15-12/h2-7H,1H3,(H,15,16). The van der Waals surface area contributed by atoms with Crippen LogP contribution in [0.3, 0.4) is 0 Å². The molecule has 1 N–H and O–H groups in total. The van der Waals surface area contributed by atoms with Gasteiger partial charge in [0.1, 0.15) is 10.7 Å². The molecule has 0 atom stereocenters. The zero-order valence-electron chi connectivity index (χ0n) is 9.89. The number of pyridine rings is 1. The molecule has 19 heavy (non-hydrogen) atoms. The number of aryl methyl sites for hydroxylation is 1. The third kappa shape index (κ3) is 3.46. The highest BCUT2D eigenvalue weighted by atomic mass is 79.9. The molecular formula is C12H10BrClN2O2S. The highest BCUT2D eigenvalue weighted by Gasteiger charge is 2.18. The molecule has 0 saturated heterocycles. The predicted molar refractivity (Wildman–Crippen MR) is 78.9 cm³/mol. The van der Waals surface area contributed by atoms with Gasteiger partial charge in [0, 0.05) is 10.7 Å². The SMILES string of the molecule is Cc1ccc(S(=O)(=O)Nc2ccc(Cl)cn2)c(Br)c1. The van der Waals surface area contributed by atoms with E-state index >= 15 is 0 Å². The van der Waals surface area contributed by atoms with Crippen LogP contribution >= 0.6 is 27.5 Å². The first-order valence-corrected chi connectivity index (χ1v) is 7.94. The van der Waals surface area contributed by atoms with E-state index in [-0.39, 0.29) is 10.7 Å². The lowest BCUT2D eigenvalue weighted by Crippen LogP contribution is -2.14. The van der Waals surface area contributed by atoms with E-state index in [0.717, 1.165) is 5.56 Å². The Morgan fingerprint density at radius 3 is 2.58 bits per heavy atom. The molecule has 0 saturated carbocycles. The number of rotatable bonds is 3. The van der Waals surface area contributed by atoms with Crippen LogP contribution in [-0.4, -0.2) is 13.4 Å². The summed E-state index contributed by atoms with van der Waals surface area (Å²) in [5.74, 6) is 0.219. The Kier molecular flexibility index (Phi) is 4.13. The van der Waals surface area contributed by atoms with Crippen LogP contribution in [0.2, 0.25) is 5.02 Å². The Bertz CT molecular complexity index is 702. The first-order chi connectivity index (χ1) is 8.88. The van der Waals surface area contributed by atoms with Gasteiger partial charge in [-0.05, 0) is 52.7 Å². The van der Waals surface area contributed by atoms with Gasteiger partial charge in [0.15, 0.2) is 0 Å². The van der Waals surface area contributed by atoms with Crippen molar-refractivity contribution < 1.29 is 8.42 Å². The molecule has 0 fully saturated rings. The zero-order chi connectivity index (χ0) is 14.0. The molecule has 0 amide bonds. The fourth-order valence-electron chi connectivity index (χ4n) is 1.45. The van der Waals surface area contributed by atoms with Gasteiger partial charge >= 0.3 is 0 Å². The Morgan fingerprint density at radius 2 is 2.00 bits per heavy atom. The van der Waals surface area contributed by atoms with E-state index in [0.29, 0.717) is 9.50 Å². The van der Waals surface area contributed by atoms with Crippen LogP contribution in [0.15, 0.2) is 45.9 Å². The molecular weight excluding hydrogens is 352 g/mol. The molecule has 100 valence electrons. The Morgan fingerprint density at radius 1 is 1.26 bits per heavy atom. The maximum absolute atomic E-state index is 12.2. The van der Waals surface area contributed by atoms with Gasteiger partial charge in [0.2, 0.25) is 0 Å². The van der Waals surface area contributed by atoms with Gasteiger partial charge in [0.05, 0.1) is 5.02 Å². The predicted octanol–water partition coefficient (Wildman–Crippen LogP) is 3.61. The fraction of sp³-hybridized carbons (Fsp3) is 0.0833. The molecule has 1 aromatic heterocycles. The summed E-state index contributed by atoms with van der Waals surface area (Å²) >= 11 is 8.94. The first kappa shape index (κ1) is 14.3. The minimum Gasteiger partial charge on any atom is -0.263 e. The summed E-state index contributed by atoms with van der Waals surface area (Å²) in [6.07, 6.45) is 1.38. The quantitative estimate of drug-likeness (QED) is 0.908. The third-order valence-corrected chi connectivity index (χ3v) is 4.90. The lowest BCUT2D eigenvalue weighted by Gasteiger charge is -2.09. The molecule has 0 bridgehead atoms. The summed E-state index contributed by atoms with van der Waals surface area (Å²) in [5.41, 5.74) is 0.968. The number of benzene rings is 1. The number of aromatic nitrogens is 1. The van der Waals surface area contributed by atoms with Crippen molar-refractivity contribution in [3.05, 3.63) is 51.6 Å². The number of nitrogens with zero attached hydrogens (tertiary/aromatic N) is 1. The largest absolute Gasteiger partial charge is 0.264 e. The van der Waals surface area contributed by atoms with E-state index < -0.39 is 10.0 Å². The van der Waals surface area contributed by atoms with Crippen molar-refractivity contribution in [3.8, 4) is 0 Å². The van der Waals surface area contributed by atoms with Crippen molar-refractivity contribution in [1.82, 2.24) is 4.98 Å². The van der Waals surface area contributed by atoms with Gasteiger partial charge in [-0.15, -0.1) is 0 Å². The maximum Gasteiger partial charge on any atom is 0.264 e. The summed E-state index contributed by atoms with van der Waals surface area (Å²) in [7, 11) is -3.68. The van der Waals surface area contributed by atoms with Crippen molar-refractivity contribution >= 4 is 43.4 Å². The van der Waals surface area contributed by atoms with Crippen molar-refractivity contribution in [3.63, 3.8) is 0 Å². The molecule has 1 aromatic carbocycles. The first-order valence-electron chi connectivity index (χ1n) is 5.29. The van der Waals surface area contributed by atoms with Crippen LogP contribution in [0.1, 0.15) is 5.56 Å². The van der Waals surface area contributed by atoms with Gasteiger partial charge in [-0.25, -0.2) is 13.4 Å². The minimum absolute atomic E-state index is 0.162. The minimum atomic E-state index is -3.68.